The Kier molecular flexibility index (Phi) is 3.73. The van der Waals surface area contributed by atoms with Crippen LogP contribution in [-0.4, -0.2) is 31.9 Å². The summed E-state index contributed by atoms with van der Waals surface area (Å²) in [6.07, 6.45) is 3.92. The van der Waals surface area contributed by atoms with Crippen molar-refractivity contribution in [3.63, 3.8) is 0 Å². The Bertz CT molecular complexity index is 418. The normalized spacial score (nSPS) is 26.1. The first-order valence-electron chi connectivity index (χ1n) is 6.58. The highest BCUT2D eigenvalue weighted by Crippen LogP contribution is 2.30. The van der Waals surface area contributed by atoms with Crippen LogP contribution in [-0.2, 0) is 11.2 Å². The number of benzene rings is 1. The summed E-state index contributed by atoms with van der Waals surface area (Å²) in [6, 6.07) is 5.83. The average Bonchev–Trinajstić information content (AvgIpc) is 2.97. The SMILES string of the molecule is Clc1ccc2c(c1)CC(CNCC1CCCO1)O2. The molecule has 0 aromatic heterocycles. The number of hydrogen-bond donors (Lipinski definition) is 1. The minimum absolute atomic E-state index is 0.222. The molecule has 0 spiro atoms. The van der Waals surface area contributed by atoms with Crippen molar-refractivity contribution in [2.45, 2.75) is 31.5 Å². The molecule has 3 nitrogen and oxygen atoms in total. The molecule has 18 heavy (non-hydrogen) atoms. The number of hydrogen-bond acceptors (Lipinski definition) is 3. The molecule has 1 fully saturated rings. The summed E-state index contributed by atoms with van der Waals surface area (Å²) in [7, 11) is 0. The Labute approximate surface area is 112 Å². The van der Waals surface area contributed by atoms with Gasteiger partial charge in [0.05, 0.1) is 6.10 Å². The molecule has 0 bridgehead atoms. The van der Waals surface area contributed by atoms with Crippen LogP contribution in [0.3, 0.4) is 0 Å². The van der Waals surface area contributed by atoms with E-state index in [1.807, 2.05) is 18.2 Å². The van der Waals surface area contributed by atoms with Gasteiger partial charge in [0.1, 0.15) is 11.9 Å². The van der Waals surface area contributed by atoms with Gasteiger partial charge >= 0.3 is 0 Å². The molecule has 0 amide bonds. The van der Waals surface area contributed by atoms with Crippen LogP contribution in [0.1, 0.15) is 18.4 Å². The van der Waals surface area contributed by atoms with Crippen LogP contribution in [0.15, 0.2) is 18.2 Å². The van der Waals surface area contributed by atoms with E-state index < -0.39 is 0 Å². The van der Waals surface area contributed by atoms with Crippen molar-refractivity contribution in [3.8, 4) is 5.75 Å². The number of nitrogens with one attached hydrogen (secondary N) is 1. The third-order valence-corrected chi connectivity index (χ3v) is 3.77. The molecule has 2 unspecified atom stereocenters. The van der Waals surface area contributed by atoms with E-state index in [1.165, 1.54) is 18.4 Å². The van der Waals surface area contributed by atoms with Crippen molar-refractivity contribution in [2.75, 3.05) is 19.7 Å². The highest BCUT2D eigenvalue weighted by atomic mass is 35.5. The van der Waals surface area contributed by atoms with Crippen LogP contribution >= 0.6 is 11.6 Å². The average molecular weight is 268 g/mol. The zero-order valence-electron chi connectivity index (χ0n) is 10.3. The van der Waals surface area contributed by atoms with Crippen LogP contribution < -0.4 is 10.1 Å². The molecule has 2 aliphatic rings. The first-order valence-corrected chi connectivity index (χ1v) is 6.96. The maximum absolute atomic E-state index is 5.97. The number of ether oxygens (including phenoxy) is 2. The fourth-order valence-electron chi connectivity index (χ4n) is 2.61. The van der Waals surface area contributed by atoms with E-state index in [0.717, 1.165) is 36.9 Å². The Morgan fingerprint density at radius 3 is 3.00 bits per heavy atom. The molecule has 0 aliphatic carbocycles. The van der Waals surface area contributed by atoms with E-state index in [2.05, 4.69) is 5.32 Å². The summed E-state index contributed by atoms with van der Waals surface area (Å²) >= 11 is 5.97. The Hall–Kier alpha value is -0.770. The van der Waals surface area contributed by atoms with Gasteiger partial charge in [-0.1, -0.05) is 11.6 Å². The second-order valence-corrected chi connectivity index (χ2v) is 5.43. The second kappa shape index (κ2) is 5.47. The van der Waals surface area contributed by atoms with Gasteiger partial charge in [-0.3, -0.25) is 0 Å². The van der Waals surface area contributed by atoms with Gasteiger partial charge in [0.25, 0.3) is 0 Å². The number of rotatable bonds is 4. The van der Waals surface area contributed by atoms with Crippen LogP contribution in [0.4, 0.5) is 0 Å². The minimum Gasteiger partial charge on any atom is -0.488 e. The molecule has 2 heterocycles. The van der Waals surface area contributed by atoms with Gasteiger partial charge in [-0.15, -0.1) is 0 Å². The van der Waals surface area contributed by atoms with Gasteiger partial charge in [0.15, 0.2) is 0 Å². The quantitative estimate of drug-likeness (QED) is 0.909. The summed E-state index contributed by atoms with van der Waals surface area (Å²) in [5.41, 5.74) is 1.21. The second-order valence-electron chi connectivity index (χ2n) is 4.99. The lowest BCUT2D eigenvalue weighted by Gasteiger charge is -2.14. The van der Waals surface area contributed by atoms with Gasteiger partial charge in [-0.05, 0) is 36.6 Å². The Morgan fingerprint density at radius 1 is 1.28 bits per heavy atom. The van der Waals surface area contributed by atoms with E-state index in [1.54, 1.807) is 0 Å². The zero-order valence-corrected chi connectivity index (χ0v) is 11.1. The Balaban J connectivity index is 1.46. The topological polar surface area (TPSA) is 30.5 Å². The lowest BCUT2D eigenvalue weighted by atomic mass is 10.1. The van der Waals surface area contributed by atoms with Crippen molar-refractivity contribution in [1.29, 1.82) is 0 Å². The van der Waals surface area contributed by atoms with Gasteiger partial charge < -0.3 is 14.8 Å². The molecular formula is C14H18ClNO2. The van der Waals surface area contributed by atoms with E-state index in [0.29, 0.717) is 6.10 Å². The number of fused-ring (bicyclic) bond motifs is 1. The predicted octanol–water partition coefficient (Wildman–Crippen LogP) is 2.41. The smallest absolute Gasteiger partial charge is 0.123 e. The van der Waals surface area contributed by atoms with Crippen molar-refractivity contribution in [2.24, 2.45) is 0 Å². The Morgan fingerprint density at radius 2 is 2.17 bits per heavy atom. The summed E-state index contributed by atoms with van der Waals surface area (Å²) < 4.78 is 11.4. The van der Waals surface area contributed by atoms with Gasteiger partial charge in [-0.2, -0.15) is 0 Å². The van der Waals surface area contributed by atoms with E-state index >= 15 is 0 Å². The summed E-state index contributed by atoms with van der Waals surface area (Å²) in [5.74, 6) is 0.975. The first kappa shape index (κ1) is 12.3. The maximum atomic E-state index is 5.97. The molecule has 1 N–H and O–H groups in total. The lowest BCUT2D eigenvalue weighted by Crippen LogP contribution is -2.34. The molecule has 1 saturated heterocycles. The van der Waals surface area contributed by atoms with Crippen molar-refractivity contribution >= 4 is 11.6 Å². The highest BCUT2D eigenvalue weighted by Gasteiger charge is 2.23. The monoisotopic (exact) mass is 267 g/mol. The summed E-state index contributed by atoms with van der Waals surface area (Å²) in [6.45, 7) is 2.71. The zero-order chi connectivity index (χ0) is 12.4. The first-order chi connectivity index (χ1) is 8.81. The molecule has 98 valence electrons. The van der Waals surface area contributed by atoms with Gasteiger partial charge in [-0.25, -0.2) is 0 Å². The van der Waals surface area contributed by atoms with E-state index in [4.69, 9.17) is 21.1 Å². The van der Waals surface area contributed by atoms with E-state index in [-0.39, 0.29) is 6.10 Å². The van der Waals surface area contributed by atoms with Gasteiger partial charge in [0, 0.05) is 31.1 Å². The molecule has 4 heteroatoms. The predicted molar refractivity (Wildman–Crippen MR) is 71.4 cm³/mol. The molecular weight excluding hydrogens is 250 g/mol. The lowest BCUT2D eigenvalue weighted by molar-refractivity contribution is 0.107. The summed E-state index contributed by atoms with van der Waals surface area (Å²) in [4.78, 5) is 0. The third-order valence-electron chi connectivity index (χ3n) is 3.53. The molecule has 3 rings (SSSR count). The van der Waals surface area contributed by atoms with Crippen LogP contribution in [0, 0.1) is 0 Å². The highest BCUT2D eigenvalue weighted by molar-refractivity contribution is 6.30. The van der Waals surface area contributed by atoms with Gasteiger partial charge in [0.2, 0.25) is 0 Å². The fraction of sp³-hybridized carbons (Fsp3) is 0.571. The molecule has 0 radical (unpaired) electrons. The molecule has 2 aliphatic heterocycles. The molecule has 0 saturated carbocycles. The standard InChI is InChI=1S/C14H18ClNO2/c15-11-3-4-14-10(6-11)7-13(18-14)9-16-8-12-2-1-5-17-12/h3-4,6,12-13,16H,1-2,5,7-9H2. The van der Waals surface area contributed by atoms with Crippen molar-refractivity contribution in [3.05, 3.63) is 28.8 Å². The van der Waals surface area contributed by atoms with Crippen LogP contribution in [0.5, 0.6) is 5.75 Å². The molecule has 1 aromatic carbocycles. The molecule has 2 atom stereocenters. The largest absolute Gasteiger partial charge is 0.488 e. The van der Waals surface area contributed by atoms with Crippen LogP contribution in [0.2, 0.25) is 5.02 Å². The summed E-state index contributed by atoms with van der Waals surface area (Å²) in [5, 5.41) is 4.22. The van der Waals surface area contributed by atoms with Crippen molar-refractivity contribution in [1.82, 2.24) is 5.32 Å². The maximum Gasteiger partial charge on any atom is 0.123 e. The number of halogens is 1. The minimum atomic E-state index is 0.222. The third kappa shape index (κ3) is 2.79. The van der Waals surface area contributed by atoms with Crippen molar-refractivity contribution < 1.29 is 9.47 Å². The molecule has 1 aromatic rings. The van der Waals surface area contributed by atoms with Crippen LogP contribution in [0.25, 0.3) is 0 Å². The fourth-order valence-corrected chi connectivity index (χ4v) is 2.81. The van der Waals surface area contributed by atoms with E-state index in [9.17, 15) is 0 Å².